The van der Waals surface area contributed by atoms with Crippen LogP contribution in [-0.4, -0.2) is 23.7 Å². The molecule has 1 rings (SSSR count). The molecule has 1 amide bonds. The van der Waals surface area contributed by atoms with Gasteiger partial charge >= 0.3 is 6.18 Å². The minimum absolute atomic E-state index is 0.0636. The largest absolute Gasteiger partial charge is 0.414 e. The highest BCUT2D eigenvalue weighted by atomic mass is 35.5. The number of halogens is 4. The lowest BCUT2D eigenvalue weighted by atomic mass is 10.3. The van der Waals surface area contributed by atoms with Gasteiger partial charge in [-0.3, -0.25) is 9.63 Å². The first-order valence-electron chi connectivity index (χ1n) is 3.99. The van der Waals surface area contributed by atoms with Crippen molar-refractivity contribution in [2.75, 3.05) is 6.61 Å². The molecule has 88 valence electrons. The van der Waals surface area contributed by atoms with Crippen molar-refractivity contribution in [3.8, 4) is 0 Å². The third-order valence-corrected chi connectivity index (χ3v) is 1.71. The maximum atomic E-state index is 11.7. The van der Waals surface area contributed by atoms with E-state index in [4.69, 9.17) is 11.6 Å². The summed E-state index contributed by atoms with van der Waals surface area (Å²) in [4.78, 5) is 18.8. The first-order chi connectivity index (χ1) is 7.40. The molecule has 0 bridgehead atoms. The summed E-state index contributed by atoms with van der Waals surface area (Å²) in [6, 6.07) is 2.73. The Bertz CT molecular complexity index is 384. The van der Waals surface area contributed by atoms with Crippen LogP contribution in [0.3, 0.4) is 0 Å². The standard InChI is InChI=1S/C8H6ClF3N2O2/c9-6-5(2-1-3-13-6)7(15)14-16-4-8(10,11)12/h1-3H,4H2,(H,14,15). The molecule has 0 fully saturated rings. The van der Waals surface area contributed by atoms with Gasteiger partial charge < -0.3 is 0 Å². The zero-order chi connectivity index (χ0) is 12.2. The molecule has 1 aromatic heterocycles. The minimum atomic E-state index is -4.51. The summed E-state index contributed by atoms with van der Waals surface area (Å²) >= 11 is 5.54. The first-order valence-corrected chi connectivity index (χ1v) is 4.37. The van der Waals surface area contributed by atoms with Crippen LogP contribution in [0.2, 0.25) is 5.15 Å². The molecule has 1 aromatic rings. The number of carbonyl (C=O) groups excluding carboxylic acids is 1. The molecule has 0 spiro atoms. The van der Waals surface area contributed by atoms with Gasteiger partial charge in [-0.25, -0.2) is 10.5 Å². The molecule has 0 atom stereocenters. The summed E-state index contributed by atoms with van der Waals surface area (Å²) in [5, 5.41) is -0.115. The predicted molar refractivity (Wildman–Crippen MR) is 48.7 cm³/mol. The van der Waals surface area contributed by atoms with Gasteiger partial charge in [-0.05, 0) is 12.1 Å². The van der Waals surface area contributed by atoms with Crippen LogP contribution >= 0.6 is 11.6 Å². The quantitative estimate of drug-likeness (QED) is 0.663. The molecule has 1 heterocycles. The van der Waals surface area contributed by atoms with Crippen molar-refractivity contribution in [2.24, 2.45) is 0 Å². The average Bonchev–Trinajstić information content (AvgIpc) is 2.16. The number of alkyl halides is 3. The van der Waals surface area contributed by atoms with Gasteiger partial charge in [0.05, 0.1) is 5.56 Å². The number of hydrogen-bond donors (Lipinski definition) is 1. The van der Waals surface area contributed by atoms with Gasteiger partial charge in [-0.15, -0.1) is 0 Å². The topological polar surface area (TPSA) is 51.2 Å². The maximum absolute atomic E-state index is 11.7. The fourth-order valence-corrected chi connectivity index (χ4v) is 0.999. The summed E-state index contributed by atoms with van der Waals surface area (Å²) < 4.78 is 35.0. The molecule has 1 N–H and O–H groups in total. The molecule has 0 aliphatic carbocycles. The molecule has 0 aromatic carbocycles. The van der Waals surface area contributed by atoms with Crippen LogP contribution in [0, 0.1) is 0 Å². The van der Waals surface area contributed by atoms with E-state index in [1.165, 1.54) is 18.3 Å². The highest BCUT2D eigenvalue weighted by molar-refractivity contribution is 6.32. The highest BCUT2D eigenvalue weighted by Gasteiger charge is 2.28. The van der Waals surface area contributed by atoms with Gasteiger partial charge in [0.1, 0.15) is 5.15 Å². The van der Waals surface area contributed by atoms with Gasteiger partial charge in [0.25, 0.3) is 5.91 Å². The van der Waals surface area contributed by atoms with E-state index in [0.29, 0.717) is 0 Å². The SMILES string of the molecule is O=C(NOCC(F)(F)F)c1cccnc1Cl. The van der Waals surface area contributed by atoms with Crippen LogP contribution in [-0.2, 0) is 4.84 Å². The first kappa shape index (κ1) is 12.7. The molecule has 0 aliphatic rings. The van der Waals surface area contributed by atoms with Crippen LogP contribution in [0.15, 0.2) is 18.3 Å². The van der Waals surface area contributed by atoms with Crippen molar-refractivity contribution in [2.45, 2.75) is 6.18 Å². The molecular weight excluding hydrogens is 249 g/mol. The summed E-state index contributed by atoms with van der Waals surface area (Å²) in [6.45, 7) is -1.57. The van der Waals surface area contributed by atoms with E-state index in [0.717, 1.165) is 0 Å². The van der Waals surface area contributed by atoms with Gasteiger partial charge in [-0.2, -0.15) is 13.2 Å². The zero-order valence-electron chi connectivity index (χ0n) is 7.71. The number of amides is 1. The van der Waals surface area contributed by atoms with Gasteiger partial charge in [0.2, 0.25) is 0 Å². The molecule has 0 saturated carbocycles. The van der Waals surface area contributed by atoms with E-state index >= 15 is 0 Å². The third-order valence-electron chi connectivity index (χ3n) is 1.40. The fourth-order valence-electron chi connectivity index (χ4n) is 0.794. The number of hydrogen-bond acceptors (Lipinski definition) is 3. The summed E-state index contributed by atoms with van der Waals surface area (Å²) in [7, 11) is 0. The molecule has 8 heteroatoms. The number of pyridine rings is 1. The lowest BCUT2D eigenvalue weighted by molar-refractivity contribution is -0.184. The van der Waals surface area contributed by atoms with E-state index in [1.807, 2.05) is 0 Å². The van der Waals surface area contributed by atoms with E-state index in [1.54, 1.807) is 5.48 Å². The molecule has 16 heavy (non-hydrogen) atoms. The maximum Gasteiger partial charge on any atom is 0.414 e. The number of carbonyl (C=O) groups is 1. The highest BCUT2D eigenvalue weighted by Crippen LogP contribution is 2.14. The smallest absolute Gasteiger partial charge is 0.267 e. The van der Waals surface area contributed by atoms with Crippen molar-refractivity contribution in [3.05, 3.63) is 29.0 Å². The van der Waals surface area contributed by atoms with Crippen LogP contribution in [0.1, 0.15) is 10.4 Å². The number of nitrogens with one attached hydrogen (secondary N) is 1. The Morgan fingerprint density at radius 2 is 2.25 bits per heavy atom. The number of hydroxylamine groups is 1. The van der Waals surface area contributed by atoms with Crippen LogP contribution < -0.4 is 5.48 Å². The molecule has 4 nitrogen and oxygen atoms in total. The second-order valence-electron chi connectivity index (χ2n) is 2.68. The third kappa shape index (κ3) is 4.03. The van der Waals surface area contributed by atoms with Gasteiger partial charge in [0, 0.05) is 6.20 Å². The fraction of sp³-hybridized carbons (Fsp3) is 0.250. The minimum Gasteiger partial charge on any atom is -0.267 e. The average molecular weight is 255 g/mol. The van der Waals surface area contributed by atoms with Crippen molar-refractivity contribution in [1.82, 2.24) is 10.5 Å². The summed E-state index contributed by atoms with van der Waals surface area (Å²) in [5.74, 6) is -0.887. The van der Waals surface area contributed by atoms with Crippen LogP contribution in [0.4, 0.5) is 13.2 Å². The molecule has 0 saturated heterocycles. The Labute approximate surface area is 93.3 Å². The van der Waals surface area contributed by atoms with Gasteiger partial charge in [0.15, 0.2) is 6.61 Å². The van der Waals surface area contributed by atoms with E-state index in [9.17, 15) is 18.0 Å². The Morgan fingerprint density at radius 1 is 1.56 bits per heavy atom. The predicted octanol–water partition coefficient (Wildman–Crippen LogP) is 1.96. The van der Waals surface area contributed by atoms with Crippen molar-refractivity contribution in [1.29, 1.82) is 0 Å². The van der Waals surface area contributed by atoms with Gasteiger partial charge in [-0.1, -0.05) is 11.6 Å². The summed E-state index contributed by atoms with van der Waals surface area (Å²) in [5.41, 5.74) is 1.55. The molecular formula is C8H6ClF3N2O2. The number of nitrogens with zero attached hydrogens (tertiary/aromatic N) is 1. The van der Waals surface area contributed by atoms with E-state index < -0.39 is 18.7 Å². The zero-order valence-corrected chi connectivity index (χ0v) is 8.47. The molecule has 0 radical (unpaired) electrons. The Kier molecular flexibility index (Phi) is 4.08. The van der Waals surface area contributed by atoms with Crippen LogP contribution in [0.25, 0.3) is 0 Å². The monoisotopic (exact) mass is 254 g/mol. The van der Waals surface area contributed by atoms with E-state index in [2.05, 4.69) is 9.82 Å². The number of aromatic nitrogens is 1. The molecule has 0 unspecified atom stereocenters. The summed E-state index contributed by atoms with van der Waals surface area (Å²) in [6.07, 6.45) is -3.16. The van der Waals surface area contributed by atoms with Crippen molar-refractivity contribution >= 4 is 17.5 Å². The van der Waals surface area contributed by atoms with E-state index in [-0.39, 0.29) is 10.7 Å². The van der Waals surface area contributed by atoms with Crippen molar-refractivity contribution < 1.29 is 22.8 Å². The molecule has 0 aliphatic heterocycles. The number of rotatable bonds is 3. The Hall–Kier alpha value is -1.34. The Balaban J connectivity index is 2.51. The second kappa shape index (κ2) is 5.13. The lowest BCUT2D eigenvalue weighted by Gasteiger charge is -2.08. The van der Waals surface area contributed by atoms with Crippen LogP contribution in [0.5, 0.6) is 0 Å². The van der Waals surface area contributed by atoms with Crippen molar-refractivity contribution in [3.63, 3.8) is 0 Å². The second-order valence-corrected chi connectivity index (χ2v) is 3.03. The Morgan fingerprint density at radius 3 is 2.81 bits per heavy atom. The lowest BCUT2D eigenvalue weighted by Crippen LogP contribution is -2.29. The normalized spacial score (nSPS) is 11.2.